The first kappa shape index (κ1) is 17.2. The summed E-state index contributed by atoms with van der Waals surface area (Å²) in [6, 6.07) is 7.06. The number of ketones is 1. The van der Waals surface area contributed by atoms with E-state index in [4.69, 9.17) is 11.2 Å². The molecule has 0 atom stereocenters. The number of Topliss-reactive ketones (excluding diaryl/α,β-unsaturated/α-hetero) is 1. The van der Waals surface area contributed by atoms with Crippen LogP contribution >= 0.6 is 22.6 Å². The minimum atomic E-state index is -0.593. The van der Waals surface area contributed by atoms with Crippen LogP contribution in [-0.4, -0.2) is 30.8 Å². The molecular formula is C15H14INO4. The monoisotopic (exact) mass is 399 g/mol. The Labute approximate surface area is 136 Å². The number of rotatable bonds is 7. The maximum Gasteiger partial charge on any atom is 0.306 e. The average Bonchev–Trinajstić information content (AvgIpc) is 2.49. The first-order valence-electron chi connectivity index (χ1n) is 6.17. The molecule has 0 unspecified atom stereocenters. The first-order valence-corrected chi connectivity index (χ1v) is 7.25. The van der Waals surface area contributed by atoms with Crippen molar-refractivity contribution in [1.29, 1.82) is 0 Å². The van der Waals surface area contributed by atoms with E-state index < -0.39 is 18.5 Å². The van der Waals surface area contributed by atoms with Crippen molar-refractivity contribution in [3.8, 4) is 12.3 Å². The molecule has 0 saturated heterocycles. The fourth-order valence-electron chi connectivity index (χ4n) is 1.41. The highest BCUT2D eigenvalue weighted by Gasteiger charge is 2.11. The van der Waals surface area contributed by atoms with Gasteiger partial charge in [0, 0.05) is 15.6 Å². The Morgan fingerprint density at radius 2 is 1.86 bits per heavy atom. The molecule has 21 heavy (non-hydrogen) atoms. The topological polar surface area (TPSA) is 72.5 Å². The quantitative estimate of drug-likeness (QED) is 0.327. The van der Waals surface area contributed by atoms with Crippen molar-refractivity contribution in [2.45, 2.75) is 12.8 Å². The highest BCUT2D eigenvalue weighted by molar-refractivity contribution is 14.1. The van der Waals surface area contributed by atoms with Crippen molar-refractivity contribution in [2.75, 3.05) is 13.2 Å². The minimum Gasteiger partial charge on any atom is -0.456 e. The summed E-state index contributed by atoms with van der Waals surface area (Å²) in [4.78, 5) is 34.4. The Morgan fingerprint density at radius 3 is 2.48 bits per heavy atom. The summed E-state index contributed by atoms with van der Waals surface area (Å²) in [7, 11) is 0. The van der Waals surface area contributed by atoms with Gasteiger partial charge in [0.05, 0.1) is 13.0 Å². The van der Waals surface area contributed by atoms with E-state index in [2.05, 4.69) is 33.8 Å². The Balaban J connectivity index is 2.30. The number of terminal acetylenes is 1. The molecule has 0 bridgehead atoms. The van der Waals surface area contributed by atoms with E-state index in [0.717, 1.165) is 3.57 Å². The van der Waals surface area contributed by atoms with Crippen LogP contribution in [0.1, 0.15) is 23.2 Å². The third-order valence-corrected chi connectivity index (χ3v) is 3.19. The number of nitrogens with one attached hydrogen (secondary N) is 1. The number of halogens is 1. The van der Waals surface area contributed by atoms with Gasteiger partial charge >= 0.3 is 5.97 Å². The summed E-state index contributed by atoms with van der Waals surface area (Å²) in [5.74, 6) is 1.03. The third-order valence-electron chi connectivity index (χ3n) is 2.47. The zero-order valence-corrected chi connectivity index (χ0v) is 13.4. The summed E-state index contributed by atoms with van der Waals surface area (Å²) >= 11 is 2.14. The zero-order valence-electron chi connectivity index (χ0n) is 11.2. The highest BCUT2D eigenvalue weighted by Crippen LogP contribution is 2.10. The molecule has 0 aliphatic heterocycles. The van der Waals surface area contributed by atoms with Crippen LogP contribution in [0.4, 0.5) is 0 Å². The van der Waals surface area contributed by atoms with Gasteiger partial charge in [0.2, 0.25) is 0 Å². The fraction of sp³-hybridized carbons (Fsp3) is 0.267. The lowest BCUT2D eigenvalue weighted by atomic mass is 10.1. The summed E-state index contributed by atoms with van der Waals surface area (Å²) in [5, 5.41) is 2.36. The molecule has 0 saturated carbocycles. The molecule has 0 fully saturated rings. The summed E-state index contributed by atoms with van der Waals surface area (Å²) in [6.07, 6.45) is 4.95. The van der Waals surface area contributed by atoms with Crippen molar-refractivity contribution >= 4 is 40.3 Å². The lowest BCUT2D eigenvalue weighted by Gasteiger charge is -2.04. The second kappa shape index (κ2) is 9.13. The van der Waals surface area contributed by atoms with Crippen molar-refractivity contribution in [2.24, 2.45) is 0 Å². The lowest BCUT2D eigenvalue weighted by Crippen LogP contribution is -2.29. The van der Waals surface area contributed by atoms with Crippen LogP contribution < -0.4 is 5.32 Å². The SMILES string of the molecule is C#CCNC(=O)COC(=O)CCC(=O)c1ccc(I)cc1. The van der Waals surface area contributed by atoms with Gasteiger partial charge in [-0.3, -0.25) is 14.4 Å². The van der Waals surface area contributed by atoms with Crippen LogP contribution in [0.2, 0.25) is 0 Å². The van der Waals surface area contributed by atoms with Gasteiger partial charge in [-0.25, -0.2) is 0 Å². The van der Waals surface area contributed by atoms with Crippen molar-refractivity contribution < 1.29 is 19.1 Å². The van der Waals surface area contributed by atoms with Gasteiger partial charge in [-0.05, 0) is 34.7 Å². The molecule has 0 spiro atoms. The van der Waals surface area contributed by atoms with Crippen LogP contribution in [0.5, 0.6) is 0 Å². The third kappa shape index (κ3) is 6.90. The Hall–Kier alpha value is -1.88. The van der Waals surface area contributed by atoms with E-state index in [0.29, 0.717) is 5.56 Å². The van der Waals surface area contributed by atoms with Crippen molar-refractivity contribution in [1.82, 2.24) is 5.32 Å². The van der Waals surface area contributed by atoms with Crippen LogP contribution in [0.15, 0.2) is 24.3 Å². The Bertz CT molecular complexity index is 560. The maximum absolute atomic E-state index is 11.8. The fourth-order valence-corrected chi connectivity index (χ4v) is 1.77. The van der Waals surface area contributed by atoms with E-state index in [1.807, 2.05) is 12.1 Å². The van der Waals surface area contributed by atoms with Crippen molar-refractivity contribution in [3.63, 3.8) is 0 Å². The van der Waals surface area contributed by atoms with Gasteiger partial charge in [-0.2, -0.15) is 0 Å². The number of hydrogen-bond acceptors (Lipinski definition) is 4. The Kier molecular flexibility index (Phi) is 7.46. The van der Waals surface area contributed by atoms with Gasteiger partial charge < -0.3 is 10.1 Å². The first-order chi connectivity index (χ1) is 10.0. The normalized spacial score (nSPS) is 9.52. The molecule has 1 aromatic rings. The van der Waals surface area contributed by atoms with E-state index in [1.54, 1.807) is 12.1 Å². The van der Waals surface area contributed by atoms with Gasteiger partial charge in [0.1, 0.15) is 0 Å². The second-order valence-corrected chi connectivity index (χ2v) is 5.32. The van der Waals surface area contributed by atoms with Crippen LogP contribution in [-0.2, 0) is 14.3 Å². The number of benzene rings is 1. The predicted octanol–water partition coefficient (Wildman–Crippen LogP) is 1.55. The van der Waals surface area contributed by atoms with Gasteiger partial charge in [-0.1, -0.05) is 18.1 Å². The smallest absolute Gasteiger partial charge is 0.306 e. The maximum atomic E-state index is 11.8. The molecule has 110 valence electrons. The molecule has 1 rings (SSSR count). The molecule has 1 aromatic carbocycles. The number of esters is 1. The molecule has 1 N–H and O–H groups in total. The Morgan fingerprint density at radius 1 is 1.19 bits per heavy atom. The van der Waals surface area contributed by atoms with Crippen LogP contribution in [0, 0.1) is 15.9 Å². The van der Waals surface area contributed by atoms with Crippen molar-refractivity contribution in [3.05, 3.63) is 33.4 Å². The standard InChI is InChI=1S/C15H14INO4/c1-2-9-17-14(19)10-21-15(20)8-7-13(18)11-3-5-12(16)6-4-11/h1,3-6H,7-10H2,(H,17,19). The number of hydrogen-bond donors (Lipinski definition) is 1. The van der Waals surface area contributed by atoms with Crippen LogP contribution in [0.3, 0.4) is 0 Å². The molecule has 5 nitrogen and oxygen atoms in total. The predicted molar refractivity (Wildman–Crippen MR) is 85.5 cm³/mol. The molecule has 0 heterocycles. The van der Waals surface area contributed by atoms with E-state index in [9.17, 15) is 14.4 Å². The minimum absolute atomic E-state index is 0.0470. The highest BCUT2D eigenvalue weighted by atomic mass is 127. The second-order valence-electron chi connectivity index (χ2n) is 4.07. The zero-order chi connectivity index (χ0) is 15.7. The number of amides is 1. The van der Waals surface area contributed by atoms with E-state index in [1.165, 1.54) is 0 Å². The largest absolute Gasteiger partial charge is 0.456 e. The van der Waals surface area contributed by atoms with E-state index >= 15 is 0 Å². The number of carbonyl (C=O) groups is 3. The molecule has 0 aliphatic carbocycles. The van der Waals surface area contributed by atoms with Crippen LogP contribution in [0.25, 0.3) is 0 Å². The molecule has 0 aliphatic rings. The van der Waals surface area contributed by atoms with Gasteiger partial charge in [0.25, 0.3) is 5.91 Å². The average molecular weight is 399 g/mol. The summed E-state index contributed by atoms with van der Waals surface area (Å²) in [6.45, 7) is -0.306. The molecule has 6 heteroatoms. The van der Waals surface area contributed by atoms with Gasteiger partial charge in [0.15, 0.2) is 12.4 Å². The summed E-state index contributed by atoms with van der Waals surface area (Å²) in [5.41, 5.74) is 0.551. The van der Waals surface area contributed by atoms with Gasteiger partial charge in [-0.15, -0.1) is 6.42 Å². The van der Waals surface area contributed by atoms with E-state index in [-0.39, 0.29) is 25.2 Å². The molecular weight excluding hydrogens is 385 g/mol. The number of ether oxygens (including phenoxy) is 1. The molecule has 0 aromatic heterocycles. The number of carbonyl (C=O) groups excluding carboxylic acids is 3. The molecule has 1 amide bonds. The lowest BCUT2D eigenvalue weighted by molar-refractivity contribution is -0.148. The summed E-state index contributed by atoms with van der Waals surface area (Å²) < 4.78 is 5.76. The molecule has 0 radical (unpaired) electrons.